The Hall–Kier alpha value is -2.95. The summed E-state index contributed by atoms with van der Waals surface area (Å²) < 4.78 is 22.4. The molecule has 3 aromatic heterocycles. The number of hydrogen-bond donors (Lipinski definition) is 1. The number of nitrogens with one attached hydrogen (secondary N) is 1. The monoisotopic (exact) mass is 480 g/mol. The van der Waals surface area contributed by atoms with E-state index in [1.165, 1.54) is 12.6 Å². The molecular weight excluding hydrogens is 447 g/mol. The van der Waals surface area contributed by atoms with Crippen molar-refractivity contribution in [2.75, 3.05) is 51.8 Å². The minimum atomic E-state index is -0.472. The van der Waals surface area contributed by atoms with Gasteiger partial charge in [-0.25, -0.2) is 19.3 Å². The second kappa shape index (κ2) is 10.8. The van der Waals surface area contributed by atoms with Gasteiger partial charge in [-0.2, -0.15) is 0 Å². The van der Waals surface area contributed by atoms with Gasteiger partial charge in [-0.15, -0.1) is 0 Å². The van der Waals surface area contributed by atoms with Crippen LogP contribution in [0.5, 0.6) is 0 Å². The smallest absolute Gasteiger partial charge is 0.228 e. The maximum atomic E-state index is 14.8. The highest BCUT2D eigenvalue weighted by Crippen LogP contribution is 2.31. The minimum absolute atomic E-state index is 0.216. The van der Waals surface area contributed by atoms with Crippen LogP contribution >= 0.6 is 0 Å². The van der Waals surface area contributed by atoms with Crippen molar-refractivity contribution in [2.24, 2.45) is 0 Å². The van der Waals surface area contributed by atoms with E-state index in [1.54, 1.807) is 12.4 Å². The topological polar surface area (TPSA) is 84.2 Å². The van der Waals surface area contributed by atoms with E-state index in [0.717, 1.165) is 62.8 Å². The van der Waals surface area contributed by atoms with E-state index in [-0.39, 0.29) is 11.7 Å². The SMILES string of the molecule is Cc1ncc(-c2nc(Nc3ccc(CN4CCCN(C)CC4)nc3)ncc2F)n1C1CCOCC1. The molecule has 2 fully saturated rings. The van der Waals surface area contributed by atoms with Crippen LogP contribution in [-0.4, -0.2) is 80.7 Å². The van der Waals surface area contributed by atoms with Crippen LogP contribution in [0.25, 0.3) is 11.4 Å². The molecule has 2 aliphatic heterocycles. The molecule has 0 saturated carbocycles. The lowest BCUT2D eigenvalue weighted by atomic mass is 10.1. The normalized spacial score (nSPS) is 18.5. The lowest BCUT2D eigenvalue weighted by Gasteiger charge is -2.26. The summed E-state index contributed by atoms with van der Waals surface area (Å²) >= 11 is 0. The molecule has 35 heavy (non-hydrogen) atoms. The van der Waals surface area contributed by atoms with Gasteiger partial charge in [-0.1, -0.05) is 0 Å². The summed E-state index contributed by atoms with van der Waals surface area (Å²) in [6.07, 6.45) is 7.59. The van der Waals surface area contributed by atoms with Crippen LogP contribution in [0.1, 0.15) is 36.8 Å². The highest BCUT2D eigenvalue weighted by atomic mass is 19.1. The van der Waals surface area contributed by atoms with Crippen LogP contribution in [0.4, 0.5) is 16.0 Å². The Morgan fingerprint density at radius 1 is 1.03 bits per heavy atom. The van der Waals surface area contributed by atoms with Gasteiger partial charge in [-0.05, 0) is 58.5 Å². The Morgan fingerprint density at radius 3 is 2.69 bits per heavy atom. The molecule has 3 aromatic rings. The molecule has 0 aromatic carbocycles. The predicted molar refractivity (Wildman–Crippen MR) is 132 cm³/mol. The largest absolute Gasteiger partial charge is 0.381 e. The molecule has 2 aliphatic rings. The quantitative estimate of drug-likeness (QED) is 0.575. The van der Waals surface area contributed by atoms with Gasteiger partial charge >= 0.3 is 0 Å². The van der Waals surface area contributed by atoms with Crippen molar-refractivity contribution < 1.29 is 9.13 Å². The summed E-state index contributed by atoms with van der Waals surface area (Å²) in [5, 5.41) is 3.17. The fourth-order valence-electron chi connectivity index (χ4n) is 4.85. The summed E-state index contributed by atoms with van der Waals surface area (Å²) in [6, 6.07) is 4.20. The van der Waals surface area contributed by atoms with Crippen molar-refractivity contribution in [2.45, 2.75) is 38.8 Å². The van der Waals surface area contributed by atoms with Crippen LogP contribution in [0.3, 0.4) is 0 Å². The number of nitrogens with zero attached hydrogens (tertiary/aromatic N) is 7. The van der Waals surface area contributed by atoms with E-state index in [4.69, 9.17) is 4.74 Å². The maximum Gasteiger partial charge on any atom is 0.228 e. The average Bonchev–Trinajstić information content (AvgIpc) is 3.14. The molecule has 0 atom stereocenters. The first-order valence-electron chi connectivity index (χ1n) is 12.3. The third-order valence-corrected chi connectivity index (χ3v) is 6.80. The van der Waals surface area contributed by atoms with Crippen molar-refractivity contribution in [1.82, 2.24) is 34.3 Å². The summed E-state index contributed by atoms with van der Waals surface area (Å²) in [6.45, 7) is 8.52. The molecule has 2 saturated heterocycles. The number of halogens is 1. The lowest BCUT2D eigenvalue weighted by Crippen LogP contribution is -2.28. The Balaban J connectivity index is 1.30. The molecule has 0 aliphatic carbocycles. The van der Waals surface area contributed by atoms with E-state index in [9.17, 15) is 4.39 Å². The number of aromatic nitrogens is 5. The molecule has 1 N–H and O–H groups in total. The Bertz CT molecular complexity index is 1130. The first-order valence-corrected chi connectivity index (χ1v) is 12.3. The first-order chi connectivity index (χ1) is 17.1. The zero-order valence-electron chi connectivity index (χ0n) is 20.5. The maximum absolute atomic E-state index is 14.8. The zero-order chi connectivity index (χ0) is 24.2. The zero-order valence-corrected chi connectivity index (χ0v) is 20.5. The van der Waals surface area contributed by atoms with Crippen molar-refractivity contribution in [1.29, 1.82) is 0 Å². The molecule has 0 radical (unpaired) electrons. The van der Waals surface area contributed by atoms with E-state index in [0.29, 0.717) is 24.9 Å². The van der Waals surface area contributed by atoms with E-state index < -0.39 is 5.82 Å². The highest BCUT2D eigenvalue weighted by Gasteiger charge is 2.23. The molecule has 186 valence electrons. The fourth-order valence-corrected chi connectivity index (χ4v) is 4.85. The van der Waals surface area contributed by atoms with E-state index >= 15 is 0 Å². The van der Waals surface area contributed by atoms with Gasteiger partial charge in [0.15, 0.2) is 5.82 Å². The first kappa shape index (κ1) is 23.8. The lowest BCUT2D eigenvalue weighted by molar-refractivity contribution is 0.0694. The summed E-state index contributed by atoms with van der Waals surface area (Å²) in [4.78, 5) is 22.5. The van der Waals surface area contributed by atoms with Crippen molar-refractivity contribution >= 4 is 11.6 Å². The fraction of sp³-hybridized carbons (Fsp3) is 0.520. The predicted octanol–water partition coefficient (Wildman–Crippen LogP) is 3.42. The second-order valence-corrected chi connectivity index (χ2v) is 9.39. The number of likely N-dealkylation sites (N-methyl/N-ethyl adjacent to an activating group) is 1. The number of pyridine rings is 1. The van der Waals surface area contributed by atoms with Crippen molar-refractivity contribution in [3.63, 3.8) is 0 Å². The Kier molecular flexibility index (Phi) is 7.31. The number of anilines is 2. The molecule has 0 spiro atoms. The van der Waals surface area contributed by atoms with Gasteiger partial charge < -0.3 is 19.5 Å². The standard InChI is InChI=1S/C25H33FN8O/c1-18-27-16-23(34(18)21-6-12-35-13-7-21)24-22(26)15-29-25(31-24)30-19-4-5-20(28-14-19)17-33-9-3-8-32(2)10-11-33/h4-5,14-16,21H,3,6-13,17H2,1-2H3,(H,29,30,31). The number of rotatable bonds is 6. The molecule has 5 rings (SSSR count). The minimum Gasteiger partial charge on any atom is -0.381 e. The summed E-state index contributed by atoms with van der Waals surface area (Å²) in [5.41, 5.74) is 2.69. The molecule has 10 heteroatoms. The number of aryl methyl sites for hydroxylation is 1. The molecule has 0 bridgehead atoms. The number of imidazole rings is 1. The van der Waals surface area contributed by atoms with Gasteiger partial charge in [0.1, 0.15) is 11.5 Å². The Morgan fingerprint density at radius 2 is 1.89 bits per heavy atom. The molecular formula is C25H33FN8O. The van der Waals surface area contributed by atoms with Crippen molar-refractivity contribution in [3.8, 4) is 11.4 Å². The van der Waals surface area contributed by atoms with Crippen LogP contribution < -0.4 is 5.32 Å². The molecule has 9 nitrogen and oxygen atoms in total. The van der Waals surface area contributed by atoms with Crippen LogP contribution in [0.15, 0.2) is 30.7 Å². The van der Waals surface area contributed by atoms with Crippen LogP contribution in [0, 0.1) is 12.7 Å². The molecule has 5 heterocycles. The summed E-state index contributed by atoms with van der Waals surface area (Å²) in [7, 11) is 2.17. The number of hydrogen-bond acceptors (Lipinski definition) is 8. The average molecular weight is 481 g/mol. The van der Waals surface area contributed by atoms with Crippen molar-refractivity contribution in [3.05, 3.63) is 48.1 Å². The summed E-state index contributed by atoms with van der Waals surface area (Å²) in [5.74, 6) is 0.694. The highest BCUT2D eigenvalue weighted by molar-refractivity contribution is 5.59. The second-order valence-electron chi connectivity index (χ2n) is 9.39. The van der Waals surface area contributed by atoms with Crippen LogP contribution in [-0.2, 0) is 11.3 Å². The third kappa shape index (κ3) is 5.66. The van der Waals surface area contributed by atoms with E-state index in [1.807, 2.05) is 19.1 Å². The Labute approximate surface area is 205 Å². The molecule has 0 unspecified atom stereocenters. The van der Waals surface area contributed by atoms with E-state index in [2.05, 4.69) is 46.7 Å². The van der Waals surface area contributed by atoms with Gasteiger partial charge in [0, 0.05) is 38.9 Å². The van der Waals surface area contributed by atoms with Gasteiger partial charge in [-0.3, -0.25) is 9.88 Å². The number of ether oxygens (including phenoxy) is 1. The molecule has 0 amide bonds. The van der Waals surface area contributed by atoms with Gasteiger partial charge in [0.25, 0.3) is 0 Å². The van der Waals surface area contributed by atoms with Gasteiger partial charge in [0.05, 0.1) is 35.7 Å². The third-order valence-electron chi connectivity index (χ3n) is 6.80. The van der Waals surface area contributed by atoms with Crippen LogP contribution in [0.2, 0.25) is 0 Å². The van der Waals surface area contributed by atoms with Gasteiger partial charge in [0.2, 0.25) is 5.95 Å².